The number of hydrogen-bond acceptors (Lipinski definition) is 4. The zero-order valence-corrected chi connectivity index (χ0v) is 13.3. The highest BCUT2D eigenvalue weighted by Crippen LogP contribution is 2.32. The third kappa shape index (κ3) is 2.46. The fourth-order valence-electron chi connectivity index (χ4n) is 3.26. The molecule has 7 heteroatoms. The highest BCUT2D eigenvalue weighted by molar-refractivity contribution is 5.93. The van der Waals surface area contributed by atoms with Crippen molar-refractivity contribution in [1.82, 2.24) is 19.9 Å². The van der Waals surface area contributed by atoms with Crippen molar-refractivity contribution in [3.05, 3.63) is 47.7 Å². The predicted octanol–water partition coefficient (Wildman–Crippen LogP) is 3.37. The first-order valence-corrected chi connectivity index (χ1v) is 7.99. The summed E-state index contributed by atoms with van der Waals surface area (Å²) in [6.07, 6.45) is 4.04. The topological polar surface area (TPSA) is 75.0 Å². The van der Waals surface area contributed by atoms with Crippen molar-refractivity contribution in [2.45, 2.75) is 32.2 Å². The van der Waals surface area contributed by atoms with Crippen LogP contribution >= 0.6 is 0 Å². The van der Waals surface area contributed by atoms with Gasteiger partial charge >= 0.3 is 0 Å². The quantitative estimate of drug-likeness (QED) is 0.782. The van der Waals surface area contributed by atoms with Crippen molar-refractivity contribution in [3.8, 4) is 0 Å². The van der Waals surface area contributed by atoms with Gasteiger partial charge in [-0.2, -0.15) is 0 Å². The number of likely N-dealkylation sites (tertiary alicyclic amines) is 1. The maximum atomic E-state index is 13.4. The summed E-state index contributed by atoms with van der Waals surface area (Å²) in [5.41, 5.74) is 1.67. The van der Waals surface area contributed by atoms with E-state index < -0.39 is 0 Å². The van der Waals surface area contributed by atoms with E-state index in [1.165, 1.54) is 18.5 Å². The number of nitrogens with zero attached hydrogens (tertiary/aromatic N) is 3. The molecule has 4 rings (SSSR count). The Morgan fingerprint density at radius 3 is 3.08 bits per heavy atom. The summed E-state index contributed by atoms with van der Waals surface area (Å²) in [5.74, 6) is 0.728. The minimum absolute atomic E-state index is 0.155. The number of piperidine rings is 1. The van der Waals surface area contributed by atoms with Crippen molar-refractivity contribution in [3.63, 3.8) is 0 Å². The van der Waals surface area contributed by atoms with Crippen LogP contribution < -0.4 is 0 Å². The molecule has 6 nitrogen and oxygen atoms in total. The van der Waals surface area contributed by atoms with Gasteiger partial charge in [0.05, 0.1) is 17.1 Å². The summed E-state index contributed by atoms with van der Waals surface area (Å²) in [6, 6.07) is 4.28. The standard InChI is InChI=1S/C17H17FN4O2/c1-10-15(19-9-24-10)17(23)22-7-3-2-4-14(22)16-20-12-6-5-11(18)8-13(12)21-16/h5-6,8-9,14H,2-4,7H2,1H3,(H,20,21). The Labute approximate surface area is 137 Å². The summed E-state index contributed by atoms with van der Waals surface area (Å²) in [5, 5.41) is 0. The van der Waals surface area contributed by atoms with Crippen molar-refractivity contribution in [2.75, 3.05) is 6.54 Å². The lowest BCUT2D eigenvalue weighted by molar-refractivity contribution is 0.0594. The third-order valence-corrected chi connectivity index (χ3v) is 4.49. The molecule has 3 heterocycles. The van der Waals surface area contributed by atoms with E-state index in [4.69, 9.17) is 4.42 Å². The minimum atomic E-state index is -0.313. The van der Waals surface area contributed by atoms with Crippen LogP contribution in [0, 0.1) is 12.7 Å². The molecule has 1 aromatic carbocycles. The second kappa shape index (κ2) is 5.74. The Bertz CT molecular complexity index is 901. The van der Waals surface area contributed by atoms with E-state index >= 15 is 0 Å². The molecule has 1 saturated heterocycles. The summed E-state index contributed by atoms with van der Waals surface area (Å²) in [4.78, 5) is 26.4. The number of nitrogens with one attached hydrogen (secondary N) is 1. The number of aromatic nitrogens is 3. The molecule has 0 spiro atoms. The average Bonchev–Trinajstić information content (AvgIpc) is 3.19. The summed E-state index contributed by atoms with van der Waals surface area (Å²) < 4.78 is 18.5. The number of imidazole rings is 1. The molecule has 1 amide bonds. The van der Waals surface area contributed by atoms with Crippen LogP contribution in [0.5, 0.6) is 0 Å². The molecule has 1 aliphatic rings. The van der Waals surface area contributed by atoms with Crippen LogP contribution in [0.2, 0.25) is 0 Å². The molecule has 1 atom stereocenters. The number of oxazole rings is 1. The van der Waals surface area contributed by atoms with Gasteiger partial charge in [-0.05, 0) is 44.4 Å². The van der Waals surface area contributed by atoms with Crippen LogP contribution in [-0.2, 0) is 0 Å². The molecule has 0 radical (unpaired) electrons. The van der Waals surface area contributed by atoms with E-state index in [9.17, 15) is 9.18 Å². The van der Waals surface area contributed by atoms with Crippen molar-refractivity contribution in [2.24, 2.45) is 0 Å². The molecule has 0 bridgehead atoms. The molecule has 24 heavy (non-hydrogen) atoms. The third-order valence-electron chi connectivity index (χ3n) is 4.49. The van der Waals surface area contributed by atoms with Gasteiger partial charge in [0, 0.05) is 6.54 Å². The predicted molar refractivity (Wildman–Crippen MR) is 84.9 cm³/mol. The smallest absolute Gasteiger partial charge is 0.276 e. The highest BCUT2D eigenvalue weighted by atomic mass is 19.1. The van der Waals surface area contributed by atoms with Crippen LogP contribution in [0.3, 0.4) is 0 Å². The molecule has 0 saturated carbocycles. The second-order valence-corrected chi connectivity index (χ2v) is 6.05. The first-order valence-electron chi connectivity index (χ1n) is 7.99. The highest BCUT2D eigenvalue weighted by Gasteiger charge is 2.32. The number of rotatable bonds is 2. The van der Waals surface area contributed by atoms with Crippen molar-refractivity contribution < 1.29 is 13.6 Å². The normalized spacial score (nSPS) is 18.2. The molecule has 124 valence electrons. The number of carbonyl (C=O) groups excluding carboxylic acids is 1. The minimum Gasteiger partial charge on any atom is -0.448 e. The SMILES string of the molecule is Cc1ocnc1C(=O)N1CCCCC1c1nc2ccc(F)cc2[nH]1. The molecular weight excluding hydrogens is 311 g/mol. The molecule has 0 aliphatic carbocycles. The zero-order chi connectivity index (χ0) is 16.7. The van der Waals surface area contributed by atoms with Crippen molar-refractivity contribution in [1.29, 1.82) is 0 Å². The van der Waals surface area contributed by atoms with E-state index in [2.05, 4.69) is 15.0 Å². The van der Waals surface area contributed by atoms with Gasteiger partial charge in [0.1, 0.15) is 17.4 Å². The second-order valence-electron chi connectivity index (χ2n) is 6.05. The maximum Gasteiger partial charge on any atom is 0.276 e. The fraction of sp³-hybridized carbons (Fsp3) is 0.353. The fourth-order valence-corrected chi connectivity index (χ4v) is 3.26. The maximum absolute atomic E-state index is 13.4. The summed E-state index contributed by atoms with van der Waals surface area (Å²) in [6.45, 7) is 2.37. The van der Waals surface area contributed by atoms with E-state index in [0.717, 1.165) is 19.3 Å². The number of H-pyrrole nitrogens is 1. The Balaban J connectivity index is 1.70. The number of benzene rings is 1. The lowest BCUT2D eigenvalue weighted by Gasteiger charge is -2.34. The average molecular weight is 328 g/mol. The number of halogens is 1. The Morgan fingerprint density at radius 2 is 2.29 bits per heavy atom. The molecule has 1 N–H and O–H groups in total. The molecular formula is C17H17FN4O2. The number of carbonyl (C=O) groups is 1. The number of amides is 1. The van der Waals surface area contributed by atoms with Gasteiger partial charge in [-0.25, -0.2) is 14.4 Å². The Morgan fingerprint density at radius 1 is 1.42 bits per heavy atom. The molecule has 3 aromatic rings. The largest absolute Gasteiger partial charge is 0.448 e. The van der Waals surface area contributed by atoms with Gasteiger partial charge in [-0.3, -0.25) is 4.79 Å². The van der Waals surface area contributed by atoms with Gasteiger partial charge in [0.2, 0.25) is 0 Å². The Kier molecular flexibility index (Phi) is 3.55. The van der Waals surface area contributed by atoms with Gasteiger partial charge in [-0.1, -0.05) is 0 Å². The lowest BCUT2D eigenvalue weighted by Crippen LogP contribution is -2.39. The van der Waals surface area contributed by atoms with Crippen LogP contribution in [0.1, 0.15) is 47.4 Å². The van der Waals surface area contributed by atoms with Crippen LogP contribution in [0.25, 0.3) is 11.0 Å². The first-order chi connectivity index (χ1) is 11.6. The van der Waals surface area contributed by atoms with E-state index in [-0.39, 0.29) is 17.8 Å². The van der Waals surface area contributed by atoms with E-state index in [1.54, 1.807) is 17.9 Å². The lowest BCUT2D eigenvalue weighted by atomic mass is 10.0. The molecule has 1 fully saturated rings. The molecule has 2 aromatic heterocycles. The Hall–Kier alpha value is -2.70. The van der Waals surface area contributed by atoms with Gasteiger partial charge in [0.15, 0.2) is 12.1 Å². The van der Waals surface area contributed by atoms with Crippen LogP contribution in [0.15, 0.2) is 29.0 Å². The summed E-state index contributed by atoms with van der Waals surface area (Å²) >= 11 is 0. The number of aryl methyl sites for hydroxylation is 1. The number of fused-ring (bicyclic) bond motifs is 1. The molecule has 1 unspecified atom stereocenters. The van der Waals surface area contributed by atoms with Crippen LogP contribution in [-0.4, -0.2) is 32.3 Å². The number of aromatic amines is 1. The van der Waals surface area contributed by atoms with Gasteiger partial charge in [-0.15, -0.1) is 0 Å². The molecule has 1 aliphatic heterocycles. The van der Waals surface area contributed by atoms with E-state index in [0.29, 0.717) is 34.9 Å². The van der Waals surface area contributed by atoms with Gasteiger partial charge in [0.25, 0.3) is 5.91 Å². The van der Waals surface area contributed by atoms with Crippen LogP contribution in [0.4, 0.5) is 4.39 Å². The zero-order valence-electron chi connectivity index (χ0n) is 13.3. The van der Waals surface area contributed by atoms with Crippen molar-refractivity contribution >= 4 is 16.9 Å². The monoisotopic (exact) mass is 328 g/mol. The summed E-state index contributed by atoms with van der Waals surface area (Å²) in [7, 11) is 0. The van der Waals surface area contributed by atoms with E-state index in [1.807, 2.05) is 0 Å². The number of hydrogen-bond donors (Lipinski definition) is 1. The van der Waals surface area contributed by atoms with Gasteiger partial charge < -0.3 is 14.3 Å². The first kappa shape index (κ1) is 14.9.